The number of hydrogen-bond donors (Lipinski definition) is 3. The topological polar surface area (TPSA) is 76.7 Å². The number of piperidine rings is 2. The third-order valence-electron chi connectivity index (χ3n) is 9.08. The van der Waals surface area contributed by atoms with E-state index < -0.39 is 0 Å². The summed E-state index contributed by atoms with van der Waals surface area (Å²) >= 11 is 0. The van der Waals surface area contributed by atoms with Crippen molar-refractivity contribution in [3.63, 3.8) is 0 Å². The molecule has 3 heterocycles. The molecule has 7 nitrogen and oxygen atoms in total. The average molecular weight is 488 g/mol. The van der Waals surface area contributed by atoms with Crippen molar-refractivity contribution in [2.45, 2.75) is 71.9 Å². The summed E-state index contributed by atoms with van der Waals surface area (Å²) in [7, 11) is 0. The quantitative estimate of drug-likeness (QED) is 0.481. The first kappa shape index (κ1) is 26.6. The normalized spacial score (nSPS) is 32.9. The van der Waals surface area contributed by atoms with E-state index in [-0.39, 0.29) is 11.8 Å². The first-order valence-electron chi connectivity index (χ1n) is 14.3. The summed E-state index contributed by atoms with van der Waals surface area (Å²) in [6.45, 7) is 14.1. The fraction of sp³-hybridized carbons (Fsp3) is 0.857. The van der Waals surface area contributed by atoms with E-state index in [1.807, 2.05) is 0 Å². The first-order valence-corrected chi connectivity index (χ1v) is 14.3. The van der Waals surface area contributed by atoms with Gasteiger partial charge in [0.15, 0.2) is 0 Å². The lowest BCUT2D eigenvalue weighted by atomic mass is 9.69. The first-order chi connectivity index (χ1) is 16.9. The van der Waals surface area contributed by atoms with Gasteiger partial charge in [0, 0.05) is 45.7 Å². The Hall–Kier alpha value is -1.44. The molecule has 198 valence electrons. The van der Waals surface area contributed by atoms with E-state index >= 15 is 0 Å². The molecule has 0 radical (unpaired) electrons. The largest absolute Gasteiger partial charge is 0.355 e. The van der Waals surface area contributed by atoms with Crippen LogP contribution in [0.1, 0.15) is 65.7 Å². The molecule has 3 saturated heterocycles. The summed E-state index contributed by atoms with van der Waals surface area (Å²) < 4.78 is 0. The van der Waals surface area contributed by atoms with Crippen molar-refractivity contribution < 1.29 is 9.59 Å². The number of allylic oxidation sites excluding steroid dienone is 1. The van der Waals surface area contributed by atoms with Crippen LogP contribution in [0.3, 0.4) is 0 Å². The Bertz CT molecular complexity index is 734. The van der Waals surface area contributed by atoms with Gasteiger partial charge in [-0.05, 0) is 82.2 Å². The van der Waals surface area contributed by atoms with Gasteiger partial charge in [0.1, 0.15) is 0 Å². The monoisotopic (exact) mass is 487 g/mol. The van der Waals surface area contributed by atoms with Gasteiger partial charge in [-0.3, -0.25) is 14.5 Å². The van der Waals surface area contributed by atoms with Crippen LogP contribution in [0.25, 0.3) is 0 Å². The van der Waals surface area contributed by atoms with E-state index in [1.165, 1.54) is 24.8 Å². The molecule has 3 N–H and O–H groups in total. The highest BCUT2D eigenvalue weighted by molar-refractivity contribution is 5.79. The van der Waals surface area contributed by atoms with Crippen LogP contribution in [0, 0.1) is 29.6 Å². The predicted molar refractivity (Wildman–Crippen MR) is 141 cm³/mol. The van der Waals surface area contributed by atoms with Crippen molar-refractivity contribution in [3.05, 3.63) is 11.6 Å². The van der Waals surface area contributed by atoms with Crippen LogP contribution in [0.2, 0.25) is 0 Å². The molecule has 35 heavy (non-hydrogen) atoms. The fourth-order valence-corrected chi connectivity index (χ4v) is 6.71. The van der Waals surface area contributed by atoms with Crippen molar-refractivity contribution in [2.24, 2.45) is 29.6 Å². The van der Waals surface area contributed by atoms with Gasteiger partial charge in [0.2, 0.25) is 11.8 Å². The molecule has 5 atom stereocenters. The van der Waals surface area contributed by atoms with Crippen molar-refractivity contribution in [1.82, 2.24) is 25.8 Å². The maximum absolute atomic E-state index is 13.2. The lowest BCUT2D eigenvalue weighted by Crippen LogP contribution is -2.57. The molecule has 3 fully saturated rings. The molecule has 2 amide bonds. The summed E-state index contributed by atoms with van der Waals surface area (Å²) in [5.41, 5.74) is 1.33. The molecule has 0 spiro atoms. The number of nitrogens with one attached hydrogen (secondary N) is 3. The second kappa shape index (κ2) is 12.7. The molecule has 3 aliphatic heterocycles. The number of carbonyl (C=O) groups excluding carboxylic acids is 2. The van der Waals surface area contributed by atoms with Crippen molar-refractivity contribution >= 4 is 11.8 Å². The lowest BCUT2D eigenvalue weighted by molar-refractivity contribution is -0.134. The second-order valence-electron chi connectivity index (χ2n) is 11.8. The van der Waals surface area contributed by atoms with E-state index in [2.05, 4.69) is 52.6 Å². The summed E-state index contributed by atoms with van der Waals surface area (Å²) in [4.78, 5) is 30.6. The smallest absolute Gasteiger partial charge is 0.224 e. The van der Waals surface area contributed by atoms with Crippen LogP contribution in [0.5, 0.6) is 0 Å². The third-order valence-corrected chi connectivity index (χ3v) is 9.08. The van der Waals surface area contributed by atoms with Gasteiger partial charge in [-0.25, -0.2) is 0 Å². The summed E-state index contributed by atoms with van der Waals surface area (Å²) in [6, 6.07) is 0. The molecule has 0 aromatic carbocycles. The molecule has 0 aromatic heterocycles. The highest BCUT2D eigenvalue weighted by atomic mass is 16.2. The van der Waals surface area contributed by atoms with Gasteiger partial charge in [-0.15, -0.1) is 0 Å². The summed E-state index contributed by atoms with van der Waals surface area (Å²) in [5.74, 6) is 2.33. The molecule has 5 unspecified atom stereocenters. The summed E-state index contributed by atoms with van der Waals surface area (Å²) in [5, 5.41) is 10.2. The molecule has 0 aromatic rings. The number of piperazine rings is 1. The molecular weight excluding hydrogens is 438 g/mol. The van der Waals surface area contributed by atoms with Gasteiger partial charge in [-0.2, -0.15) is 0 Å². The Morgan fingerprint density at radius 1 is 1.09 bits per heavy atom. The molecule has 4 rings (SSSR count). The average Bonchev–Trinajstić information content (AvgIpc) is 2.89. The molecule has 1 aliphatic carbocycles. The van der Waals surface area contributed by atoms with Gasteiger partial charge in [0.05, 0.1) is 12.1 Å². The Morgan fingerprint density at radius 2 is 1.89 bits per heavy atom. The molecule has 0 saturated carbocycles. The Balaban J connectivity index is 1.28. The fourth-order valence-electron chi connectivity index (χ4n) is 6.71. The minimum Gasteiger partial charge on any atom is -0.355 e. The highest BCUT2D eigenvalue weighted by Gasteiger charge is 2.35. The van der Waals surface area contributed by atoms with Gasteiger partial charge >= 0.3 is 0 Å². The minimum atomic E-state index is 0.106. The standard InChI is InChI=1S/C28H49N5O2/c1-20(2)25-16-23(21(3)15-24(25)19-31-28(35)22-7-6-9-29-18-22)17-27(34)33-13-11-32(12-14-33)26-8-4-5-10-30-26/h15,20,22-26,29-30H,4-14,16-19H2,1-3H3,(H,31,35). The van der Waals surface area contributed by atoms with Crippen LogP contribution < -0.4 is 16.0 Å². The Labute approximate surface area is 212 Å². The van der Waals surface area contributed by atoms with Crippen LogP contribution in [-0.2, 0) is 9.59 Å². The van der Waals surface area contributed by atoms with Crippen LogP contribution in [0.15, 0.2) is 11.6 Å². The van der Waals surface area contributed by atoms with Gasteiger partial charge in [-0.1, -0.05) is 25.5 Å². The minimum absolute atomic E-state index is 0.106. The number of amides is 2. The van der Waals surface area contributed by atoms with Crippen LogP contribution in [-0.4, -0.2) is 80.1 Å². The van der Waals surface area contributed by atoms with Crippen molar-refractivity contribution in [1.29, 1.82) is 0 Å². The number of carbonyl (C=O) groups is 2. The third kappa shape index (κ3) is 7.07. The Morgan fingerprint density at radius 3 is 2.54 bits per heavy atom. The second-order valence-corrected chi connectivity index (χ2v) is 11.8. The van der Waals surface area contributed by atoms with Crippen LogP contribution >= 0.6 is 0 Å². The zero-order valence-electron chi connectivity index (χ0n) is 22.4. The predicted octanol–water partition coefficient (Wildman–Crippen LogP) is 2.59. The zero-order chi connectivity index (χ0) is 24.8. The summed E-state index contributed by atoms with van der Waals surface area (Å²) in [6.07, 6.45) is 10.4. The number of nitrogens with zero attached hydrogens (tertiary/aromatic N) is 2. The molecule has 4 aliphatic rings. The highest BCUT2D eigenvalue weighted by Crippen LogP contribution is 2.39. The van der Waals surface area contributed by atoms with Gasteiger partial charge < -0.3 is 20.9 Å². The van der Waals surface area contributed by atoms with E-state index in [1.54, 1.807) is 0 Å². The van der Waals surface area contributed by atoms with Gasteiger partial charge in [0.25, 0.3) is 0 Å². The molecular formula is C28H49N5O2. The van der Waals surface area contributed by atoms with Crippen molar-refractivity contribution in [3.8, 4) is 0 Å². The van der Waals surface area contributed by atoms with E-state index in [4.69, 9.17) is 0 Å². The SMILES string of the molecule is CC1=CC(CNC(=O)C2CCCNC2)C(C(C)C)CC1CC(=O)N1CCN(C2CCCCN2)CC1. The van der Waals surface area contributed by atoms with E-state index in [0.29, 0.717) is 48.7 Å². The van der Waals surface area contributed by atoms with Crippen LogP contribution in [0.4, 0.5) is 0 Å². The maximum atomic E-state index is 13.2. The zero-order valence-corrected chi connectivity index (χ0v) is 22.4. The van der Waals surface area contributed by atoms with E-state index in [0.717, 1.165) is 65.1 Å². The number of hydrogen-bond acceptors (Lipinski definition) is 5. The van der Waals surface area contributed by atoms with E-state index in [9.17, 15) is 9.59 Å². The van der Waals surface area contributed by atoms with Crippen molar-refractivity contribution in [2.75, 3.05) is 52.4 Å². The maximum Gasteiger partial charge on any atom is 0.224 e. The number of rotatable bonds is 7. The lowest BCUT2D eigenvalue weighted by Gasteiger charge is -2.42. The molecule has 7 heteroatoms. The molecule has 0 bridgehead atoms. The Kier molecular flexibility index (Phi) is 9.65.